The number of aromatic nitrogens is 1. The van der Waals surface area contributed by atoms with Gasteiger partial charge in [0.2, 0.25) is 0 Å². The van der Waals surface area contributed by atoms with Gasteiger partial charge in [-0.1, -0.05) is 24.1 Å². The number of aryl methyl sites for hydroxylation is 1. The quantitative estimate of drug-likeness (QED) is 0.929. The Bertz CT molecular complexity index is 653. The number of phenolic OH excluding ortho intramolecular Hbond substituents is 1. The molecule has 1 aliphatic rings. The third-order valence-corrected chi connectivity index (χ3v) is 4.47. The number of hydrogen-bond donors (Lipinski definition) is 1. The van der Waals surface area contributed by atoms with Crippen LogP contribution < -0.4 is 4.74 Å². The predicted molar refractivity (Wildman–Crippen MR) is 87.5 cm³/mol. The van der Waals surface area contributed by atoms with Crippen molar-refractivity contribution < 1.29 is 14.4 Å². The number of ether oxygens (including phenoxy) is 1. The monoisotopic (exact) mass is 316 g/mol. The summed E-state index contributed by atoms with van der Waals surface area (Å²) in [6.45, 7) is 3.80. The van der Waals surface area contributed by atoms with Gasteiger partial charge >= 0.3 is 0 Å². The lowest BCUT2D eigenvalue weighted by Crippen LogP contribution is -2.28. The van der Waals surface area contributed by atoms with Crippen LogP contribution >= 0.6 is 0 Å². The lowest BCUT2D eigenvalue weighted by atomic mass is 10.1. The molecule has 1 fully saturated rings. The maximum atomic E-state index is 9.76. The summed E-state index contributed by atoms with van der Waals surface area (Å²) in [6, 6.07) is 7.85. The van der Waals surface area contributed by atoms with Crippen molar-refractivity contribution in [3.63, 3.8) is 0 Å². The van der Waals surface area contributed by atoms with Gasteiger partial charge in [-0.25, -0.2) is 0 Å². The van der Waals surface area contributed by atoms with E-state index in [9.17, 15) is 5.11 Å². The average Bonchev–Trinajstić information content (AvgIpc) is 2.84. The number of hydrogen-bond acceptors (Lipinski definition) is 5. The summed E-state index contributed by atoms with van der Waals surface area (Å²) in [4.78, 5) is 2.44. The smallest absolute Gasteiger partial charge is 0.160 e. The van der Waals surface area contributed by atoms with Crippen molar-refractivity contribution in [3.05, 3.63) is 41.3 Å². The summed E-state index contributed by atoms with van der Waals surface area (Å²) in [5, 5.41) is 13.8. The average molecular weight is 316 g/mol. The van der Waals surface area contributed by atoms with Crippen molar-refractivity contribution in [2.24, 2.45) is 0 Å². The second-order valence-electron chi connectivity index (χ2n) is 6.21. The van der Waals surface area contributed by atoms with Crippen LogP contribution in [0.25, 0.3) is 0 Å². The van der Waals surface area contributed by atoms with E-state index in [0.29, 0.717) is 5.75 Å². The second kappa shape index (κ2) is 7.04. The molecule has 2 aromatic rings. The molecular formula is C18H24N2O3. The van der Waals surface area contributed by atoms with Gasteiger partial charge < -0.3 is 14.4 Å². The zero-order valence-electron chi connectivity index (χ0n) is 13.8. The molecule has 0 spiro atoms. The highest BCUT2D eigenvalue weighted by atomic mass is 16.5. The predicted octanol–water partition coefficient (Wildman–Crippen LogP) is 3.81. The Balaban J connectivity index is 1.82. The number of rotatable bonds is 4. The highest BCUT2D eigenvalue weighted by molar-refractivity contribution is 5.41. The fourth-order valence-electron chi connectivity index (χ4n) is 3.27. The summed E-state index contributed by atoms with van der Waals surface area (Å²) in [5.74, 6) is 1.65. The van der Waals surface area contributed by atoms with E-state index in [1.165, 1.54) is 19.3 Å². The Kier molecular flexibility index (Phi) is 4.86. The maximum Gasteiger partial charge on any atom is 0.160 e. The van der Waals surface area contributed by atoms with E-state index >= 15 is 0 Å². The number of benzene rings is 1. The Labute approximate surface area is 136 Å². The van der Waals surface area contributed by atoms with E-state index in [-0.39, 0.29) is 11.8 Å². The third-order valence-electron chi connectivity index (χ3n) is 4.47. The lowest BCUT2D eigenvalue weighted by molar-refractivity contribution is 0.160. The van der Waals surface area contributed by atoms with Crippen LogP contribution in [-0.4, -0.2) is 28.8 Å². The molecule has 1 aliphatic heterocycles. The van der Waals surface area contributed by atoms with Crippen molar-refractivity contribution in [3.8, 4) is 11.5 Å². The van der Waals surface area contributed by atoms with Crippen LogP contribution in [0, 0.1) is 6.92 Å². The molecule has 5 heteroatoms. The number of methoxy groups -OCH3 is 1. The highest BCUT2D eigenvalue weighted by Crippen LogP contribution is 2.33. The topological polar surface area (TPSA) is 58.7 Å². The zero-order chi connectivity index (χ0) is 16.2. The van der Waals surface area contributed by atoms with Crippen molar-refractivity contribution >= 4 is 0 Å². The molecule has 1 aromatic heterocycles. The molecule has 0 amide bonds. The van der Waals surface area contributed by atoms with Gasteiger partial charge in [0.25, 0.3) is 0 Å². The van der Waals surface area contributed by atoms with E-state index in [2.05, 4.69) is 10.1 Å². The summed E-state index contributed by atoms with van der Waals surface area (Å²) in [6.07, 6.45) is 4.74. The van der Waals surface area contributed by atoms with Crippen LogP contribution in [-0.2, 0) is 6.54 Å². The second-order valence-corrected chi connectivity index (χ2v) is 6.21. The minimum atomic E-state index is 0.175. The molecule has 0 bridgehead atoms. The fraction of sp³-hybridized carbons (Fsp3) is 0.500. The van der Waals surface area contributed by atoms with Crippen LogP contribution in [0.5, 0.6) is 11.5 Å². The van der Waals surface area contributed by atoms with Crippen molar-refractivity contribution in [2.45, 2.75) is 45.2 Å². The van der Waals surface area contributed by atoms with Crippen LogP contribution in [0.15, 0.2) is 28.8 Å². The van der Waals surface area contributed by atoms with Gasteiger partial charge in [0.05, 0.1) is 18.8 Å². The number of aromatic hydroxyl groups is 1. The van der Waals surface area contributed by atoms with E-state index in [1.807, 2.05) is 25.1 Å². The van der Waals surface area contributed by atoms with Gasteiger partial charge in [-0.3, -0.25) is 4.90 Å². The molecule has 0 saturated carbocycles. The first kappa shape index (κ1) is 15.9. The molecular weight excluding hydrogens is 292 g/mol. The summed E-state index contributed by atoms with van der Waals surface area (Å²) < 4.78 is 10.8. The minimum absolute atomic E-state index is 0.175. The summed E-state index contributed by atoms with van der Waals surface area (Å²) >= 11 is 0. The molecule has 0 unspecified atom stereocenters. The molecule has 1 N–H and O–H groups in total. The van der Waals surface area contributed by atoms with E-state index in [0.717, 1.165) is 36.5 Å². The standard InChI is InChI=1S/C18H24N2O3/c1-13-10-17(23-19-13)15-6-4-3-5-9-20(15)12-14-7-8-16(21)18(11-14)22-2/h7-8,10-11,15,21H,3-6,9,12H2,1-2H3/t15-/m1/s1. The number of phenols is 1. The fourth-order valence-corrected chi connectivity index (χ4v) is 3.27. The van der Waals surface area contributed by atoms with Crippen LogP contribution in [0.2, 0.25) is 0 Å². The highest BCUT2D eigenvalue weighted by Gasteiger charge is 2.26. The zero-order valence-corrected chi connectivity index (χ0v) is 13.8. The molecule has 1 saturated heterocycles. The van der Waals surface area contributed by atoms with Crippen molar-refractivity contribution in [1.29, 1.82) is 0 Å². The molecule has 3 rings (SSSR count). The molecule has 124 valence electrons. The molecule has 23 heavy (non-hydrogen) atoms. The first-order valence-electron chi connectivity index (χ1n) is 8.20. The molecule has 5 nitrogen and oxygen atoms in total. The molecule has 0 aliphatic carbocycles. The van der Waals surface area contributed by atoms with Gasteiger partial charge in [-0.2, -0.15) is 0 Å². The van der Waals surface area contributed by atoms with Crippen molar-refractivity contribution in [1.82, 2.24) is 10.1 Å². The van der Waals surface area contributed by atoms with Gasteiger partial charge in [0.15, 0.2) is 17.3 Å². The Hall–Kier alpha value is -2.01. The molecule has 0 radical (unpaired) electrons. The molecule has 1 atom stereocenters. The van der Waals surface area contributed by atoms with E-state index in [4.69, 9.17) is 9.26 Å². The van der Waals surface area contributed by atoms with E-state index < -0.39 is 0 Å². The Morgan fingerprint density at radius 2 is 2.17 bits per heavy atom. The van der Waals surface area contributed by atoms with Crippen molar-refractivity contribution in [2.75, 3.05) is 13.7 Å². The van der Waals surface area contributed by atoms with Crippen LogP contribution in [0.1, 0.15) is 48.7 Å². The Morgan fingerprint density at radius 3 is 2.91 bits per heavy atom. The van der Waals surface area contributed by atoms with Gasteiger partial charge in [-0.05, 0) is 44.0 Å². The minimum Gasteiger partial charge on any atom is -0.504 e. The normalized spacial score (nSPS) is 19.5. The molecule has 2 heterocycles. The number of nitrogens with zero attached hydrogens (tertiary/aromatic N) is 2. The van der Waals surface area contributed by atoms with E-state index in [1.54, 1.807) is 13.2 Å². The third kappa shape index (κ3) is 3.67. The summed E-state index contributed by atoms with van der Waals surface area (Å²) in [5.41, 5.74) is 2.05. The largest absolute Gasteiger partial charge is 0.504 e. The lowest BCUT2D eigenvalue weighted by Gasteiger charge is -2.28. The molecule has 1 aromatic carbocycles. The first-order valence-corrected chi connectivity index (χ1v) is 8.20. The van der Waals surface area contributed by atoms with Crippen LogP contribution in [0.4, 0.5) is 0 Å². The van der Waals surface area contributed by atoms with Crippen LogP contribution in [0.3, 0.4) is 0 Å². The van der Waals surface area contributed by atoms with Gasteiger partial charge in [-0.15, -0.1) is 0 Å². The Morgan fingerprint density at radius 1 is 1.30 bits per heavy atom. The SMILES string of the molecule is COc1cc(CN2CCCCC[C@@H]2c2cc(C)no2)ccc1O. The first-order chi connectivity index (χ1) is 11.2. The number of likely N-dealkylation sites (tertiary alicyclic amines) is 1. The maximum absolute atomic E-state index is 9.76. The summed E-state index contributed by atoms with van der Waals surface area (Å²) in [7, 11) is 1.57. The van der Waals surface area contributed by atoms with Gasteiger partial charge in [0.1, 0.15) is 0 Å². The van der Waals surface area contributed by atoms with Gasteiger partial charge in [0, 0.05) is 12.6 Å².